The monoisotopic (exact) mass is 261 g/mol. The van der Waals surface area contributed by atoms with E-state index in [-0.39, 0.29) is 0 Å². The molecular weight excluding hydrogens is 234 g/mol. The van der Waals surface area contributed by atoms with Crippen molar-refractivity contribution in [2.45, 2.75) is 58.9 Å². The predicted molar refractivity (Wildman–Crippen MR) is 83.2 cm³/mol. The average molecular weight is 261 g/mol. The van der Waals surface area contributed by atoms with E-state index < -0.39 is 0 Å². The second kappa shape index (κ2) is 9.60. The van der Waals surface area contributed by atoms with Gasteiger partial charge in [-0.15, -0.1) is 0 Å². The standard InChI is InChI=1S/C17H27NO/c1-4-5-6-7-8-9-15(2)18-14-16-10-12-17(19-3)13-11-16/h10-13H,4-9,14H2,1-3H3. The zero-order chi connectivity index (χ0) is 13.9. The minimum absolute atomic E-state index is 0.783. The molecular formula is C17H27NO. The SMILES string of the molecule is CCCCCCCC(C)=NCc1ccc(OC)cc1. The number of methoxy groups -OCH3 is 1. The average Bonchev–Trinajstić information content (AvgIpc) is 2.45. The lowest BCUT2D eigenvalue weighted by atomic mass is 10.1. The molecule has 0 aromatic heterocycles. The maximum atomic E-state index is 5.14. The molecule has 0 radical (unpaired) electrons. The van der Waals surface area contributed by atoms with E-state index in [1.807, 2.05) is 12.1 Å². The van der Waals surface area contributed by atoms with Gasteiger partial charge in [0.15, 0.2) is 0 Å². The first kappa shape index (κ1) is 15.7. The maximum absolute atomic E-state index is 5.14. The quantitative estimate of drug-likeness (QED) is 0.452. The van der Waals surface area contributed by atoms with Gasteiger partial charge < -0.3 is 4.74 Å². The third-order valence-corrected chi connectivity index (χ3v) is 3.33. The molecule has 0 aliphatic rings. The summed E-state index contributed by atoms with van der Waals surface area (Å²) >= 11 is 0. The molecule has 0 aliphatic carbocycles. The predicted octanol–water partition coefficient (Wildman–Crippen LogP) is 5.02. The summed E-state index contributed by atoms with van der Waals surface area (Å²) in [6.07, 6.45) is 7.79. The Kier molecular flexibility index (Phi) is 7.95. The lowest BCUT2D eigenvalue weighted by Gasteiger charge is -2.03. The highest BCUT2D eigenvalue weighted by Gasteiger charge is 1.96. The van der Waals surface area contributed by atoms with Crippen LogP contribution in [0.1, 0.15) is 57.9 Å². The largest absolute Gasteiger partial charge is 0.497 e. The van der Waals surface area contributed by atoms with Crippen LogP contribution >= 0.6 is 0 Å². The number of hydrogen-bond acceptors (Lipinski definition) is 2. The molecule has 0 atom stereocenters. The summed E-state index contributed by atoms with van der Waals surface area (Å²) in [5.74, 6) is 0.903. The first-order chi connectivity index (χ1) is 9.26. The van der Waals surface area contributed by atoms with Crippen LogP contribution in [0.15, 0.2) is 29.3 Å². The van der Waals surface area contributed by atoms with Crippen LogP contribution in [0.2, 0.25) is 0 Å². The van der Waals surface area contributed by atoms with Crippen LogP contribution in [0.5, 0.6) is 5.75 Å². The Morgan fingerprint density at radius 1 is 1.05 bits per heavy atom. The Balaban J connectivity index is 2.26. The van der Waals surface area contributed by atoms with Gasteiger partial charge in [0.1, 0.15) is 5.75 Å². The Labute approximate surface area is 117 Å². The topological polar surface area (TPSA) is 21.6 Å². The minimum atomic E-state index is 0.783. The van der Waals surface area contributed by atoms with Crippen LogP contribution in [0.25, 0.3) is 0 Å². The van der Waals surface area contributed by atoms with Crippen molar-refractivity contribution in [3.05, 3.63) is 29.8 Å². The molecule has 0 heterocycles. The summed E-state index contributed by atoms with van der Waals surface area (Å²) in [6.45, 7) is 5.18. The van der Waals surface area contributed by atoms with Gasteiger partial charge in [-0.05, 0) is 37.5 Å². The molecule has 0 N–H and O–H groups in total. The summed E-state index contributed by atoms with van der Waals surface area (Å²) in [5.41, 5.74) is 2.51. The molecule has 19 heavy (non-hydrogen) atoms. The van der Waals surface area contributed by atoms with Gasteiger partial charge in [0.05, 0.1) is 13.7 Å². The number of aliphatic imine (C=N–C) groups is 1. The maximum Gasteiger partial charge on any atom is 0.118 e. The molecule has 1 aromatic carbocycles. The first-order valence-corrected chi connectivity index (χ1v) is 7.39. The fraction of sp³-hybridized carbons (Fsp3) is 0.588. The van der Waals surface area contributed by atoms with Crippen LogP contribution < -0.4 is 4.74 Å². The highest BCUT2D eigenvalue weighted by molar-refractivity contribution is 5.81. The van der Waals surface area contributed by atoms with Gasteiger partial charge in [0.2, 0.25) is 0 Å². The number of hydrogen-bond donors (Lipinski definition) is 0. The summed E-state index contributed by atoms with van der Waals surface area (Å²) < 4.78 is 5.14. The Morgan fingerprint density at radius 2 is 1.74 bits per heavy atom. The second-order valence-electron chi connectivity index (χ2n) is 5.06. The molecule has 0 saturated carbocycles. The van der Waals surface area contributed by atoms with Gasteiger partial charge in [-0.3, -0.25) is 4.99 Å². The van der Waals surface area contributed by atoms with Gasteiger partial charge in [0.25, 0.3) is 0 Å². The third kappa shape index (κ3) is 7.00. The normalized spacial score (nSPS) is 11.6. The second-order valence-corrected chi connectivity index (χ2v) is 5.06. The van der Waals surface area contributed by atoms with E-state index in [2.05, 4.69) is 31.0 Å². The minimum Gasteiger partial charge on any atom is -0.497 e. The molecule has 0 saturated heterocycles. The van der Waals surface area contributed by atoms with E-state index >= 15 is 0 Å². The van der Waals surface area contributed by atoms with Crippen molar-refractivity contribution in [1.29, 1.82) is 0 Å². The molecule has 0 spiro atoms. The van der Waals surface area contributed by atoms with Crippen LogP contribution in [-0.2, 0) is 6.54 Å². The fourth-order valence-electron chi connectivity index (χ4n) is 2.02. The van der Waals surface area contributed by atoms with Gasteiger partial charge in [-0.1, -0.05) is 44.7 Å². The van der Waals surface area contributed by atoms with Gasteiger partial charge in [-0.2, -0.15) is 0 Å². The number of ether oxygens (including phenoxy) is 1. The third-order valence-electron chi connectivity index (χ3n) is 3.33. The lowest BCUT2D eigenvalue weighted by molar-refractivity contribution is 0.414. The van der Waals surface area contributed by atoms with Crippen molar-refractivity contribution < 1.29 is 4.74 Å². The van der Waals surface area contributed by atoms with E-state index in [0.717, 1.165) is 18.7 Å². The van der Waals surface area contributed by atoms with E-state index in [1.54, 1.807) is 7.11 Å². The molecule has 2 heteroatoms. The highest BCUT2D eigenvalue weighted by Crippen LogP contribution is 2.12. The smallest absolute Gasteiger partial charge is 0.118 e. The van der Waals surface area contributed by atoms with Crippen LogP contribution in [-0.4, -0.2) is 12.8 Å². The Morgan fingerprint density at radius 3 is 2.37 bits per heavy atom. The van der Waals surface area contributed by atoms with Gasteiger partial charge in [-0.25, -0.2) is 0 Å². The van der Waals surface area contributed by atoms with Gasteiger partial charge >= 0.3 is 0 Å². The van der Waals surface area contributed by atoms with E-state index in [9.17, 15) is 0 Å². The Bertz CT molecular complexity index is 367. The van der Waals surface area contributed by atoms with E-state index in [1.165, 1.54) is 43.4 Å². The summed E-state index contributed by atoms with van der Waals surface area (Å²) in [6, 6.07) is 8.14. The molecule has 1 rings (SSSR count). The first-order valence-electron chi connectivity index (χ1n) is 7.39. The zero-order valence-electron chi connectivity index (χ0n) is 12.6. The fourth-order valence-corrected chi connectivity index (χ4v) is 2.02. The summed E-state index contributed by atoms with van der Waals surface area (Å²) in [4.78, 5) is 4.64. The van der Waals surface area contributed by atoms with Crippen molar-refractivity contribution in [3.8, 4) is 5.75 Å². The van der Waals surface area contributed by atoms with E-state index in [0.29, 0.717) is 0 Å². The van der Waals surface area contributed by atoms with Crippen molar-refractivity contribution in [2.75, 3.05) is 7.11 Å². The number of unbranched alkanes of at least 4 members (excludes halogenated alkanes) is 4. The van der Waals surface area contributed by atoms with Crippen LogP contribution in [0.4, 0.5) is 0 Å². The summed E-state index contributed by atoms with van der Waals surface area (Å²) in [5, 5.41) is 0. The molecule has 0 bridgehead atoms. The number of benzene rings is 1. The zero-order valence-corrected chi connectivity index (χ0v) is 12.6. The van der Waals surface area contributed by atoms with Crippen LogP contribution in [0.3, 0.4) is 0 Å². The lowest BCUT2D eigenvalue weighted by Crippen LogP contribution is -1.94. The van der Waals surface area contributed by atoms with Gasteiger partial charge in [0, 0.05) is 5.71 Å². The molecule has 106 valence electrons. The number of nitrogens with zero attached hydrogens (tertiary/aromatic N) is 1. The van der Waals surface area contributed by atoms with Crippen LogP contribution in [0, 0.1) is 0 Å². The van der Waals surface area contributed by atoms with E-state index in [4.69, 9.17) is 4.74 Å². The Hall–Kier alpha value is -1.31. The molecule has 0 amide bonds. The molecule has 0 unspecified atom stereocenters. The van der Waals surface area contributed by atoms with Crippen molar-refractivity contribution >= 4 is 5.71 Å². The summed E-state index contributed by atoms with van der Waals surface area (Å²) in [7, 11) is 1.69. The van der Waals surface area contributed by atoms with Crippen molar-refractivity contribution in [1.82, 2.24) is 0 Å². The molecule has 2 nitrogen and oxygen atoms in total. The number of rotatable bonds is 9. The molecule has 0 aliphatic heterocycles. The molecule has 1 aromatic rings. The van der Waals surface area contributed by atoms with Crippen molar-refractivity contribution in [2.24, 2.45) is 4.99 Å². The molecule has 0 fully saturated rings. The van der Waals surface area contributed by atoms with Crippen molar-refractivity contribution in [3.63, 3.8) is 0 Å². The highest BCUT2D eigenvalue weighted by atomic mass is 16.5.